The van der Waals surface area contributed by atoms with Crippen LogP contribution < -0.4 is 5.73 Å². The molecule has 4 nitrogen and oxygen atoms in total. The zero-order valence-electron chi connectivity index (χ0n) is 5.86. The third-order valence-corrected chi connectivity index (χ3v) is 1.35. The van der Waals surface area contributed by atoms with Crippen LogP contribution >= 0.6 is 0 Å². The Labute approximate surface area is 63.8 Å². The average molecular weight is 152 g/mol. The molecule has 0 spiro atoms. The Hall–Kier alpha value is -1.58. The van der Waals surface area contributed by atoms with E-state index in [-0.39, 0.29) is 6.54 Å². The van der Waals surface area contributed by atoms with Crippen molar-refractivity contribution >= 4 is 5.69 Å². The largest absolute Gasteiger partial charge is 0.398 e. The summed E-state index contributed by atoms with van der Waals surface area (Å²) < 4.78 is 0. The van der Waals surface area contributed by atoms with E-state index < -0.39 is 4.92 Å². The summed E-state index contributed by atoms with van der Waals surface area (Å²) in [6.07, 6.45) is 0. The molecule has 0 aromatic heterocycles. The van der Waals surface area contributed by atoms with Gasteiger partial charge in [-0.3, -0.25) is 10.1 Å². The van der Waals surface area contributed by atoms with Crippen molar-refractivity contribution in [1.82, 2.24) is 0 Å². The van der Waals surface area contributed by atoms with E-state index in [1.54, 1.807) is 24.3 Å². The van der Waals surface area contributed by atoms with Crippen LogP contribution in [0.3, 0.4) is 0 Å². The molecule has 2 N–H and O–H groups in total. The molecule has 0 heterocycles. The summed E-state index contributed by atoms with van der Waals surface area (Å²) in [7, 11) is 0. The fourth-order valence-corrected chi connectivity index (χ4v) is 0.817. The number of hydrogen-bond acceptors (Lipinski definition) is 3. The van der Waals surface area contributed by atoms with Crippen molar-refractivity contribution in [2.75, 3.05) is 5.73 Å². The van der Waals surface area contributed by atoms with Gasteiger partial charge in [-0.2, -0.15) is 0 Å². The second kappa shape index (κ2) is 3.01. The van der Waals surface area contributed by atoms with Crippen LogP contribution in [0.4, 0.5) is 5.69 Å². The van der Waals surface area contributed by atoms with Crippen molar-refractivity contribution in [2.45, 2.75) is 6.54 Å². The van der Waals surface area contributed by atoms with Crippen LogP contribution in [0.1, 0.15) is 5.56 Å². The molecule has 0 aliphatic rings. The Morgan fingerprint density at radius 3 is 2.64 bits per heavy atom. The van der Waals surface area contributed by atoms with Crippen LogP contribution in [0.25, 0.3) is 0 Å². The molecule has 0 radical (unpaired) electrons. The van der Waals surface area contributed by atoms with Crippen molar-refractivity contribution < 1.29 is 4.92 Å². The molecule has 0 bridgehead atoms. The van der Waals surface area contributed by atoms with E-state index >= 15 is 0 Å². The lowest BCUT2D eigenvalue weighted by Crippen LogP contribution is -2.01. The second-order valence-corrected chi connectivity index (χ2v) is 2.19. The van der Waals surface area contributed by atoms with Gasteiger partial charge in [0.15, 0.2) is 0 Å². The van der Waals surface area contributed by atoms with Crippen LogP contribution in [0.5, 0.6) is 0 Å². The Morgan fingerprint density at radius 1 is 1.45 bits per heavy atom. The van der Waals surface area contributed by atoms with Crippen LogP contribution in [-0.4, -0.2) is 4.92 Å². The Bertz CT molecular complexity index is 273. The zero-order valence-corrected chi connectivity index (χ0v) is 5.86. The molecule has 0 aliphatic heterocycles. The van der Waals surface area contributed by atoms with E-state index in [4.69, 9.17) is 5.73 Å². The van der Waals surface area contributed by atoms with Crippen molar-refractivity contribution in [3.8, 4) is 0 Å². The summed E-state index contributed by atoms with van der Waals surface area (Å²) in [6, 6.07) is 6.78. The van der Waals surface area contributed by atoms with E-state index in [1.807, 2.05) is 0 Å². The van der Waals surface area contributed by atoms with Gasteiger partial charge in [-0.1, -0.05) is 18.2 Å². The van der Waals surface area contributed by atoms with E-state index in [0.29, 0.717) is 11.3 Å². The molecule has 0 saturated heterocycles. The fraction of sp³-hybridized carbons (Fsp3) is 0.143. The molecule has 0 aliphatic carbocycles. The Kier molecular flexibility index (Phi) is 2.06. The molecule has 0 unspecified atom stereocenters. The van der Waals surface area contributed by atoms with Crippen molar-refractivity contribution in [3.63, 3.8) is 0 Å². The summed E-state index contributed by atoms with van der Waals surface area (Å²) >= 11 is 0. The van der Waals surface area contributed by atoms with Gasteiger partial charge >= 0.3 is 0 Å². The van der Waals surface area contributed by atoms with Gasteiger partial charge in [0.1, 0.15) is 0 Å². The highest BCUT2D eigenvalue weighted by molar-refractivity contribution is 5.45. The van der Waals surface area contributed by atoms with Crippen LogP contribution in [0.15, 0.2) is 24.3 Å². The molecule has 1 aromatic carbocycles. The topological polar surface area (TPSA) is 69.2 Å². The normalized spacial score (nSPS) is 9.45. The lowest BCUT2D eigenvalue weighted by atomic mass is 10.2. The van der Waals surface area contributed by atoms with Crippen LogP contribution in [0.2, 0.25) is 0 Å². The summed E-state index contributed by atoms with van der Waals surface area (Å²) in [5.74, 6) is 0. The highest BCUT2D eigenvalue weighted by Gasteiger charge is 2.03. The maximum absolute atomic E-state index is 10.1. The van der Waals surface area contributed by atoms with Gasteiger partial charge in [-0.25, -0.2) is 0 Å². The number of rotatable bonds is 2. The minimum atomic E-state index is -0.397. The van der Waals surface area contributed by atoms with Gasteiger partial charge in [0.2, 0.25) is 6.54 Å². The fourth-order valence-electron chi connectivity index (χ4n) is 0.817. The van der Waals surface area contributed by atoms with Gasteiger partial charge in [0.05, 0.1) is 0 Å². The number of nitrogens with zero attached hydrogens (tertiary/aromatic N) is 1. The maximum atomic E-state index is 10.1. The Morgan fingerprint density at radius 2 is 2.09 bits per heavy atom. The number of nitro groups is 1. The molecule has 0 fully saturated rings. The molecular formula is C7H8N2O2. The van der Waals surface area contributed by atoms with Crippen LogP contribution in [0, 0.1) is 10.1 Å². The van der Waals surface area contributed by atoms with E-state index in [9.17, 15) is 10.1 Å². The molecule has 58 valence electrons. The SMILES string of the molecule is Nc1ccccc1C[N+](=O)[O-]. The van der Waals surface area contributed by atoms with Gasteiger partial charge in [-0.05, 0) is 6.07 Å². The Balaban J connectivity index is 2.86. The molecule has 4 heteroatoms. The van der Waals surface area contributed by atoms with Gasteiger partial charge in [0.25, 0.3) is 0 Å². The molecule has 1 rings (SSSR count). The molecule has 0 saturated carbocycles. The van der Waals surface area contributed by atoms with E-state index in [0.717, 1.165) is 0 Å². The predicted molar refractivity (Wildman–Crippen MR) is 41.6 cm³/mol. The minimum absolute atomic E-state index is 0.202. The minimum Gasteiger partial charge on any atom is -0.398 e. The maximum Gasteiger partial charge on any atom is 0.230 e. The number of nitrogen functional groups attached to an aromatic ring is 1. The number of anilines is 1. The second-order valence-electron chi connectivity index (χ2n) is 2.19. The van der Waals surface area contributed by atoms with Crippen molar-refractivity contribution in [3.05, 3.63) is 39.9 Å². The lowest BCUT2D eigenvalue weighted by Gasteiger charge is -1.97. The number of hydrogen-bond donors (Lipinski definition) is 1. The van der Waals surface area contributed by atoms with Gasteiger partial charge < -0.3 is 5.73 Å². The highest BCUT2D eigenvalue weighted by Crippen LogP contribution is 2.10. The smallest absolute Gasteiger partial charge is 0.230 e. The molecule has 1 aromatic rings. The molecule has 0 amide bonds. The number of para-hydroxylation sites is 1. The third-order valence-electron chi connectivity index (χ3n) is 1.35. The average Bonchev–Trinajstić information content (AvgIpc) is 1.93. The quantitative estimate of drug-likeness (QED) is 0.391. The first-order valence-electron chi connectivity index (χ1n) is 3.15. The standard InChI is InChI=1S/C7H8N2O2/c8-7-4-2-1-3-6(7)5-9(10)11/h1-4H,5,8H2. The summed E-state index contributed by atoms with van der Waals surface area (Å²) in [6.45, 7) is -0.202. The van der Waals surface area contributed by atoms with E-state index in [1.165, 1.54) is 0 Å². The van der Waals surface area contributed by atoms with Crippen molar-refractivity contribution in [2.24, 2.45) is 0 Å². The predicted octanol–water partition coefficient (Wildman–Crippen LogP) is 1.05. The summed E-state index contributed by atoms with van der Waals surface area (Å²) in [4.78, 5) is 9.67. The molecule has 11 heavy (non-hydrogen) atoms. The van der Waals surface area contributed by atoms with E-state index in [2.05, 4.69) is 0 Å². The van der Waals surface area contributed by atoms with Crippen LogP contribution in [-0.2, 0) is 6.54 Å². The summed E-state index contributed by atoms with van der Waals surface area (Å²) in [5.41, 5.74) is 6.51. The lowest BCUT2D eigenvalue weighted by molar-refractivity contribution is -0.496. The highest BCUT2D eigenvalue weighted by atomic mass is 16.6. The van der Waals surface area contributed by atoms with Gasteiger partial charge in [0, 0.05) is 16.2 Å². The first-order valence-corrected chi connectivity index (χ1v) is 3.15. The third kappa shape index (κ3) is 1.93. The number of nitrogens with two attached hydrogens (primary N) is 1. The zero-order chi connectivity index (χ0) is 8.27. The van der Waals surface area contributed by atoms with Crippen molar-refractivity contribution in [1.29, 1.82) is 0 Å². The first-order chi connectivity index (χ1) is 5.20. The summed E-state index contributed by atoms with van der Waals surface area (Å²) in [5, 5.41) is 10.1. The molecule has 0 atom stereocenters. The number of benzene rings is 1. The van der Waals surface area contributed by atoms with Gasteiger partial charge in [-0.15, -0.1) is 0 Å². The monoisotopic (exact) mass is 152 g/mol. The molecular weight excluding hydrogens is 144 g/mol. The first kappa shape index (κ1) is 7.53.